The van der Waals surface area contributed by atoms with E-state index < -0.39 is 0 Å². The zero-order valence-corrected chi connectivity index (χ0v) is 12.6. The molecule has 22 heavy (non-hydrogen) atoms. The van der Waals surface area contributed by atoms with Crippen LogP contribution in [0.3, 0.4) is 0 Å². The van der Waals surface area contributed by atoms with Gasteiger partial charge in [0.25, 0.3) is 0 Å². The maximum absolute atomic E-state index is 9.62. The lowest BCUT2D eigenvalue weighted by Gasteiger charge is -2.16. The lowest BCUT2D eigenvalue weighted by atomic mass is 9.90. The predicted octanol–water partition coefficient (Wildman–Crippen LogP) is 4.06. The van der Waals surface area contributed by atoms with Crippen LogP contribution in [0.2, 0.25) is 0 Å². The second kappa shape index (κ2) is 4.99. The Balaban J connectivity index is 1.95. The number of hydrogen-bond donors (Lipinski definition) is 0. The highest BCUT2D eigenvalue weighted by Gasteiger charge is 2.17. The summed E-state index contributed by atoms with van der Waals surface area (Å²) >= 11 is 0. The number of fused-ring (bicyclic) bond motifs is 2. The van der Waals surface area contributed by atoms with Gasteiger partial charge < -0.3 is 0 Å². The fourth-order valence-corrected chi connectivity index (χ4v) is 3.44. The highest BCUT2D eigenvalue weighted by atomic mass is 15.0. The van der Waals surface area contributed by atoms with Crippen LogP contribution in [0.15, 0.2) is 36.4 Å². The van der Waals surface area contributed by atoms with E-state index in [-0.39, 0.29) is 0 Å². The molecule has 2 aromatic heterocycles. The first kappa shape index (κ1) is 13.1. The minimum absolute atomic E-state index is 0.629. The number of hydrogen-bond acceptors (Lipinski definition) is 2. The normalized spacial score (nSPS) is 13.8. The minimum Gasteiger partial charge on any atom is -0.288 e. The van der Waals surface area contributed by atoms with E-state index in [1.807, 2.05) is 29.5 Å². The van der Waals surface area contributed by atoms with Crippen molar-refractivity contribution in [1.82, 2.24) is 9.38 Å². The molecule has 2 heterocycles. The molecule has 0 radical (unpaired) electrons. The quantitative estimate of drug-likeness (QED) is 0.677. The molecule has 0 saturated heterocycles. The van der Waals surface area contributed by atoms with Crippen molar-refractivity contribution in [3.05, 3.63) is 58.9 Å². The van der Waals surface area contributed by atoms with Crippen LogP contribution >= 0.6 is 0 Å². The fraction of sp³-hybridized carbons (Fsp3) is 0.263. The molecule has 3 aromatic rings. The van der Waals surface area contributed by atoms with Crippen molar-refractivity contribution >= 4 is 5.65 Å². The highest BCUT2D eigenvalue weighted by molar-refractivity contribution is 5.71. The Hall–Kier alpha value is -2.60. The van der Waals surface area contributed by atoms with Crippen LogP contribution in [0.1, 0.15) is 35.4 Å². The number of pyridine rings is 1. The summed E-state index contributed by atoms with van der Waals surface area (Å²) in [6, 6.07) is 14.8. The third-order valence-corrected chi connectivity index (χ3v) is 4.57. The van der Waals surface area contributed by atoms with E-state index in [4.69, 9.17) is 4.98 Å². The van der Waals surface area contributed by atoms with E-state index in [0.29, 0.717) is 5.69 Å². The average Bonchev–Trinajstić information content (AvgIpc) is 2.94. The van der Waals surface area contributed by atoms with Gasteiger partial charge in [-0.05, 0) is 61.9 Å². The van der Waals surface area contributed by atoms with Crippen LogP contribution in [-0.4, -0.2) is 9.38 Å². The van der Waals surface area contributed by atoms with Crippen LogP contribution in [0.4, 0.5) is 0 Å². The summed E-state index contributed by atoms with van der Waals surface area (Å²) in [4.78, 5) is 4.70. The van der Waals surface area contributed by atoms with Crippen LogP contribution < -0.4 is 0 Å². The molecule has 1 aliphatic carbocycles. The minimum atomic E-state index is 0.629. The summed E-state index contributed by atoms with van der Waals surface area (Å²) in [6.07, 6.45) is 4.84. The molecule has 1 aromatic carbocycles. The van der Waals surface area contributed by atoms with E-state index in [9.17, 15) is 5.26 Å². The van der Waals surface area contributed by atoms with Gasteiger partial charge in [-0.3, -0.25) is 4.40 Å². The Morgan fingerprint density at radius 1 is 1.09 bits per heavy atom. The Morgan fingerprint density at radius 3 is 2.73 bits per heavy atom. The second-order valence-corrected chi connectivity index (χ2v) is 5.97. The van der Waals surface area contributed by atoms with Crippen molar-refractivity contribution in [3.8, 4) is 17.3 Å². The van der Waals surface area contributed by atoms with Crippen LogP contribution in [-0.2, 0) is 12.8 Å². The van der Waals surface area contributed by atoms with Crippen LogP contribution in [0.5, 0.6) is 0 Å². The van der Waals surface area contributed by atoms with E-state index in [0.717, 1.165) is 29.0 Å². The van der Waals surface area contributed by atoms with Crippen molar-refractivity contribution in [2.45, 2.75) is 32.6 Å². The molecule has 4 rings (SSSR count). The summed E-state index contributed by atoms with van der Waals surface area (Å²) in [6.45, 7) is 2.01. The van der Waals surface area contributed by atoms with Gasteiger partial charge in [0, 0.05) is 11.3 Å². The Labute approximate surface area is 129 Å². The molecule has 0 spiro atoms. The first-order valence-corrected chi connectivity index (χ1v) is 7.78. The monoisotopic (exact) mass is 287 g/mol. The fourth-order valence-electron chi connectivity index (χ4n) is 3.44. The van der Waals surface area contributed by atoms with Crippen molar-refractivity contribution in [2.24, 2.45) is 0 Å². The lowest BCUT2D eigenvalue weighted by molar-refractivity contribution is 0.686. The number of imidazole rings is 1. The molecule has 0 amide bonds. The second-order valence-electron chi connectivity index (χ2n) is 5.97. The molecule has 0 atom stereocenters. The molecule has 0 aliphatic heterocycles. The van der Waals surface area contributed by atoms with Crippen LogP contribution in [0.25, 0.3) is 16.9 Å². The maximum atomic E-state index is 9.62. The largest absolute Gasteiger partial charge is 0.288 e. The molecule has 3 nitrogen and oxygen atoms in total. The summed E-state index contributed by atoms with van der Waals surface area (Å²) in [5.41, 5.74) is 7.22. The first-order chi connectivity index (χ1) is 10.8. The molecule has 0 fully saturated rings. The maximum Gasteiger partial charge on any atom is 0.152 e. The van der Waals surface area contributed by atoms with E-state index in [2.05, 4.69) is 24.3 Å². The molecule has 0 N–H and O–H groups in total. The number of aryl methyl sites for hydroxylation is 3. The SMILES string of the molecule is Cc1cccc2nc(-c3ccc4c(c3)CCCC4)c(C#N)n12. The van der Waals surface area contributed by atoms with Crippen molar-refractivity contribution < 1.29 is 0 Å². The summed E-state index contributed by atoms with van der Waals surface area (Å²) in [5.74, 6) is 0. The average molecular weight is 287 g/mol. The molecule has 1 aliphatic rings. The van der Waals surface area contributed by atoms with Crippen molar-refractivity contribution in [3.63, 3.8) is 0 Å². The van der Waals surface area contributed by atoms with Gasteiger partial charge in [-0.25, -0.2) is 4.98 Å². The molecular weight excluding hydrogens is 270 g/mol. The Morgan fingerprint density at radius 2 is 1.91 bits per heavy atom. The summed E-state index contributed by atoms with van der Waals surface area (Å²) in [7, 11) is 0. The third-order valence-electron chi connectivity index (χ3n) is 4.57. The van der Waals surface area contributed by atoms with Crippen LogP contribution in [0, 0.1) is 18.3 Å². The first-order valence-electron chi connectivity index (χ1n) is 7.78. The number of benzene rings is 1. The van der Waals surface area contributed by atoms with Gasteiger partial charge in [0.05, 0.1) is 0 Å². The van der Waals surface area contributed by atoms with Gasteiger partial charge in [0.2, 0.25) is 0 Å². The lowest BCUT2D eigenvalue weighted by Crippen LogP contribution is -2.02. The van der Waals surface area contributed by atoms with Crippen molar-refractivity contribution in [1.29, 1.82) is 5.26 Å². The van der Waals surface area contributed by atoms with Gasteiger partial charge in [-0.1, -0.05) is 18.2 Å². The topological polar surface area (TPSA) is 41.1 Å². The molecule has 0 saturated carbocycles. The number of nitrogens with zero attached hydrogens (tertiary/aromatic N) is 3. The number of nitriles is 1. The van der Waals surface area contributed by atoms with Gasteiger partial charge in [-0.2, -0.15) is 5.26 Å². The van der Waals surface area contributed by atoms with Gasteiger partial charge in [0.15, 0.2) is 5.69 Å². The molecule has 3 heteroatoms. The number of rotatable bonds is 1. The van der Waals surface area contributed by atoms with Gasteiger partial charge >= 0.3 is 0 Å². The molecular formula is C19H17N3. The highest BCUT2D eigenvalue weighted by Crippen LogP contribution is 2.29. The molecule has 0 bridgehead atoms. The predicted molar refractivity (Wildman–Crippen MR) is 86.7 cm³/mol. The smallest absolute Gasteiger partial charge is 0.152 e. The zero-order chi connectivity index (χ0) is 15.1. The summed E-state index contributed by atoms with van der Waals surface area (Å²) < 4.78 is 1.94. The molecule has 0 unspecified atom stereocenters. The van der Waals surface area contributed by atoms with Gasteiger partial charge in [-0.15, -0.1) is 0 Å². The molecule has 108 valence electrons. The van der Waals surface area contributed by atoms with E-state index in [1.165, 1.54) is 30.4 Å². The zero-order valence-electron chi connectivity index (χ0n) is 12.6. The Kier molecular flexibility index (Phi) is 2.97. The summed E-state index contributed by atoms with van der Waals surface area (Å²) in [5, 5.41) is 9.62. The number of aromatic nitrogens is 2. The van der Waals surface area contributed by atoms with E-state index >= 15 is 0 Å². The van der Waals surface area contributed by atoms with Gasteiger partial charge in [0.1, 0.15) is 17.4 Å². The van der Waals surface area contributed by atoms with E-state index in [1.54, 1.807) is 0 Å². The Bertz CT molecular complexity index is 912. The standard InChI is InChI=1S/C19H17N3/c1-13-5-4-8-18-21-19(17(12-20)22(13)18)16-10-9-14-6-2-3-7-15(14)11-16/h4-5,8-11H,2-3,6-7H2,1H3. The third kappa shape index (κ3) is 1.92. The van der Waals surface area contributed by atoms with Crippen molar-refractivity contribution in [2.75, 3.05) is 0 Å².